The molecule has 1 aliphatic rings. The summed E-state index contributed by atoms with van der Waals surface area (Å²) < 4.78 is 15.7. The van der Waals surface area contributed by atoms with Crippen LogP contribution in [-0.4, -0.2) is 50.0 Å². The zero-order chi connectivity index (χ0) is 15.8. The lowest BCUT2D eigenvalue weighted by atomic mass is 9.98. The van der Waals surface area contributed by atoms with E-state index in [0.717, 1.165) is 31.7 Å². The van der Waals surface area contributed by atoms with Gasteiger partial charge in [-0.3, -0.25) is 4.79 Å². The average molecular weight is 312 g/mol. The number of rotatable bonds is 8. The van der Waals surface area contributed by atoms with Gasteiger partial charge in [0.1, 0.15) is 30.9 Å². The predicted octanol–water partition coefficient (Wildman–Crippen LogP) is 0.0151. The van der Waals surface area contributed by atoms with Crippen molar-refractivity contribution >= 4 is 5.97 Å². The lowest BCUT2D eigenvalue weighted by Crippen LogP contribution is -3.14. The third-order valence-corrected chi connectivity index (χ3v) is 3.90. The van der Waals surface area contributed by atoms with Crippen LogP contribution in [0.15, 0.2) is 22.8 Å². The molecule has 1 fully saturated rings. The Hall–Kier alpha value is -1.37. The number of esters is 1. The third kappa shape index (κ3) is 5.44. The van der Waals surface area contributed by atoms with E-state index in [1.165, 1.54) is 4.90 Å². The van der Waals surface area contributed by atoms with Gasteiger partial charge in [-0.2, -0.15) is 0 Å². The van der Waals surface area contributed by atoms with Gasteiger partial charge < -0.3 is 23.9 Å². The molecule has 124 valence electrons. The van der Waals surface area contributed by atoms with Crippen LogP contribution < -0.4 is 4.90 Å². The Morgan fingerprint density at radius 3 is 3.18 bits per heavy atom. The summed E-state index contributed by atoms with van der Waals surface area (Å²) >= 11 is 0. The van der Waals surface area contributed by atoms with Crippen molar-refractivity contribution in [3.05, 3.63) is 24.2 Å². The summed E-state index contributed by atoms with van der Waals surface area (Å²) in [5.74, 6) is 0.600. The van der Waals surface area contributed by atoms with Gasteiger partial charge in [0.25, 0.3) is 0 Å². The Morgan fingerprint density at radius 2 is 2.45 bits per heavy atom. The molecular formula is C16H26NO5+. The van der Waals surface area contributed by atoms with Gasteiger partial charge in [-0.25, -0.2) is 0 Å². The highest BCUT2D eigenvalue weighted by Crippen LogP contribution is 2.09. The van der Waals surface area contributed by atoms with E-state index >= 15 is 0 Å². The minimum atomic E-state index is -0.536. The molecule has 1 unspecified atom stereocenters. The van der Waals surface area contributed by atoms with Crippen molar-refractivity contribution in [1.29, 1.82) is 0 Å². The van der Waals surface area contributed by atoms with Crippen molar-refractivity contribution in [1.82, 2.24) is 0 Å². The molecule has 6 heteroatoms. The fourth-order valence-corrected chi connectivity index (χ4v) is 2.88. The Morgan fingerprint density at radius 1 is 1.59 bits per heavy atom. The number of hydrogen-bond donors (Lipinski definition) is 2. The Labute approximate surface area is 131 Å². The van der Waals surface area contributed by atoms with Crippen LogP contribution in [0.1, 0.15) is 25.5 Å². The molecule has 0 bridgehead atoms. The second kappa shape index (κ2) is 8.92. The molecule has 1 aliphatic heterocycles. The van der Waals surface area contributed by atoms with E-state index in [9.17, 15) is 9.90 Å². The standard InChI is InChI=1S/C16H25NO5/c1-2-21-16(19)13-5-3-7-17(9-13)10-14(18)11-20-12-15-6-4-8-22-15/h4,6,8,13-14,18H,2-3,5,7,9-12H2,1H3/p+1/t13-,14-/m0/s1. The zero-order valence-electron chi connectivity index (χ0n) is 13.1. The number of carbonyl (C=O) groups excluding carboxylic acids is 1. The smallest absolute Gasteiger partial charge is 0.314 e. The van der Waals surface area contributed by atoms with E-state index in [1.54, 1.807) is 6.26 Å². The van der Waals surface area contributed by atoms with Crippen molar-refractivity contribution in [2.24, 2.45) is 5.92 Å². The summed E-state index contributed by atoms with van der Waals surface area (Å²) in [5, 5.41) is 10.1. The summed E-state index contributed by atoms with van der Waals surface area (Å²) in [7, 11) is 0. The summed E-state index contributed by atoms with van der Waals surface area (Å²) in [6, 6.07) is 3.65. The molecule has 0 radical (unpaired) electrons. The van der Waals surface area contributed by atoms with E-state index in [0.29, 0.717) is 19.8 Å². The van der Waals surface area contributed by atoms with Crippen LogP contribution in [0.2, 0.25) is 0 Å². The Kier molecular flexibility index (Phi) is 6.89. The number of nitrogens with one attached hydrogen (secondary N) is 1. The largest absolute Gasteiger partial charge is 0.467 e. The molecule has 1 aromatic heterocycles. The van der Waals surface area contributed by atoms with Gasteiger partial charge in [-0.15, -0.1) is 0 Å². The molecule has 6 nitrogen and oxygen atoms in total. The number of carbonyl (C=O) groups is 1. The van der Waals surface area contributed by atoms with E-state index < -0.39 is 6.10 Å². The summed E-state index contributed by atoms with van der Waals surface area (Å²) in [4.78, 5) is 13.0. The van der Waals surface area contributed by atoms with Crippen LogP contribution in [0.4, 0.5) is 0 Å². The van der Waals surface area contributed by atoms with Gasteiger partial charge in [0, 0.05) is 0 Å². The molecule has 22 heavy (non-hydrogen) atoms. The molecule has 1 saturated heterocycles. The number of quaternary nitrogens is 1. The van der Waals surface area contributed by atoms with Crippen molar-refractivity contribution < 1.29 is 28.7 Å². The number of piperidine rings is 1. The maximum absolute atomic E-state index is 11.8. The van der Waals surface area contributed by atoms with Crippen molar-refractivity contribution in [3.8, 4) is 0 Å². The molecule has 0 saturated carbocycles. The summed E-state index contributed by atoms with van der Waals surface area (Å²) in [5.41, 5.74) is 0. The molecular weight excluding hydrogens is 286 g/mol. The van der Waals surface area contributed by atoms with Crippen LogP contribution in [0.3, 0.4) is 0 Å². The molecule has 0 spiro atoms. The topological polar surface area (TPSA) is 73.3 Å². The van der Waals surface area contributed by atoms with Crippen LogP contribution in [0.5, 0.6) is 0 Å². The normalized spacial score (nSPS) is 23.2. The summed E-state index contributed by atoms with van der Waals surface area (Å²) in [6.45, 7) is 5.19. The Balaban J connectivity index is 1.67. The molecule has 2 rings (SSSR count). The minimum Gasteiger partial charge on any atom is -0.467 e. The molecule has 2 heterocycles. The molecule has 0 aliphatic carbocycles. The zero-order valence-corrected chi connectivity index (χ0v) is 13.1. The highest BCUT2D eigenvalue weighted by atomic mass is 16.5. The SMILES string of the molecule is CCOC(=O)[C@H]1CCC[NH+](C[C@H](O)COCc2ccco2)C1. The number of aliphatic hydroxyl groups excluding tert-OH is 1. The second-order valence-electron chi connectivity index (χ2n) is 5.75. The van der Waals surface area contributed by atoms with Gasteiger partial charge >= 0.3 is 5.97 Å². The molecule has 2 N–H and O–H groups in total. The first-order valence-corrected chi connectivity index (χ1v) is 7.97. The van der Waals surface area contributed by atoms with Crippen molar-refractivity contribution in [3.63, 3.8) is 0 Å². The van der Waals surface area contributed by atoms with Gasteiger partial charge in [0.2, 0.25) is 0 Å². The molecule has 0 amide bonds. The van der Waals surface area contributed by atoms with Gasteiger partial charge in [-0.05, 0) is 31.9 Å². The number of hydrogen-bond acceptors (Lipinski definition) is 5. The molecule has 1 aromatic rings. The second-order valence-corrected chi connectivity index (χ2v) is 5.75. The lowest BCUT2D eigenvalue weighted by molar-refractivity contribution is -0.910. The first kappa shape index (κ1) is 17.0. The van der Waals surface area contributed by atoms with Crippen LogP contribution in [-0.2, 0) is 20.9 Å². The van der Waals surface area contributed by atoms with E-state index in [2.05, 4.69) is 0 Å². The highest BCUT2D eigenvalue weighted by molar-refractivity contribution is 5.72. The maximum Gasteiger partial charge on any atom is 0.314 e. The predicted molar refractivity (Wildman–Crippen MR) is 79.3 cm³/mol. The maximum atomic E-state index is 11.8. The highest BCUT2D eigenvalue weighted by Gasteiger charge is 2.30. The van der Waals surface area contributed by atoms with Crippen molar-refractivity contribution in [2.75, 3.05) is 32.8 Å². The lowest BCUT2D eigenvalue weighted by Gasteiger charge is -2.29. The fraction of sp³-hybridized carbons (Fsp3) is 0.688. The average Bonchev–Trinajstić information content (AvgIpc) is 3.01. The first-order chi connectivity index (χ1) is 10.7. The van der Waals surface area contributed by atoms with E-state index in [4.69, 9.17) is 13.9 Å². The monoisotopic (exact) mass is 312 g/mol. The quantitative estimate of drug-likeness (QED) is 0.662. The van der Waals surface area contributed by atoms with Crippen molar-refractivity contribution in [2.45, 2.75) is 32.5 Å². The molecule has 0 aromatic carbocycles. The summed E-state index contributed by atoms with van der Waals surface area (Å²) in [6.07, 6.45) is 2.93. The van der Waals surface area contributed by atoms with Gasteiger partial charge in [-0.1, -0.05) is 0 Å². The first-order valence-electron chi connectivity index (χ1n) is 7.97. The van der Waals surface area contributed by atoms with E-state index in [1.807, 2.05) is 19.1 Å². The number of likely N-dealkylation sites (tertiary alicyclic amines) is 1. The number of furan rings is 1. The van der Waals surface area contributed by atoms with E-state index in [-0.39, 0.29) is 18.5 Å². The molecule has 3 atom stereocenters. The number of ether oxygens (including phenoxy) is 2. The third-order valence-electron chi connectivity index (χ3n) is 3.90. The number of aliphatic hydroxyl groups is 1. The van der Waals surface area contributed by atoms with Crippen LogP contribution in [0, 0.1) is 5.92 Å². The van der Waals surface area contributed by atoms with Gasteiger partial charge in [0.15, 0.2) is 0 Å². The minimum absolute atomic E-state index is 0.0417. The Bertz CT molecular complexity index is 434. The van der Waals surface area contributed by atoms with Crippen LogP contribution >= 0.6 is 0 Å². The van der Waals surface area contributed by atoms with Gasteiger partial charge in [0.05, 0.1) is 32.6 Å². The van der Waals surface area contributed by atoms with Crippen LogP contribution in [0.25, 0.3) is 0 Å². The fourth-order valence-electron chi connectivity index (χ4n) is 2.88.